The molecule has 0 unspecified atom stereocenters. The number of likely N-dealkylation sites (tertiary alicyclic amines) is 1. The van der Waals surface area contributed by atoms with Gasteiger partial charge in [-0.3, -0.25) is 4.79 Å². The molecule has 0 aliphatic carbocycles. The van der Waals surface area contributed by atoms with Crippen LogP contribution >= 0.6 is 11.3 Å². The van der Waals surface area contributed by atoms with Gasteiger partial charge in [-0.1, -0.05) is 5.16 Å². The molecule has 4 rings (SSSR count). The molecule has 1 saturated heterocycles. The minimum absolute atomic E-state index is 0.105. The van der Waals surface area contributed by atoms with Gasteiger partial charge >= 0.3 is 0 Å². The number of thiazole rings is 1. The van der Waals surface area contributed by atoms with Crippen LogP contribution in [0.4, 0.5) is 4.39 Å². The van der Waals surface area contributed by atoms with Crippen molar-refractivity contribution in [1.82, 2.24) is 20.0 Å². The molecule has 3 aromatic rings. The van der Waals surface area contributed by atoms with Gasteiger partial charge in [-0.15, -0.1) is 11.3 Å². The number of halogens is 1. The molecular weight excluding hydrogens is 391 g/mol. The van der Waals surface area contributed by atoms with Crippen LogP contribution in [-0.2, 0) is 6.42 Å². The first-order valence-corrected chi connectivity index (χ1v) is 10.6. The number of carbonyl (C=O) groups is 1. The summed E-state index contributed by atoms with van der Waals surface area (Å²) in [5, 5.41) is 4.98. The highest BCUT2D eigenvalue weighted by atomic mass is 32.1. The summed E-state index contributed by atoms with van der Waals surface area (Å²) in [7, 11) is 0. The average molecular weight is 415 g/mol. The van der Waals surface area contributed by atoms with Gasteiger partial charge in [-0.2, -0.15) is 4.98 Å². The zero-order valence-corrected chi connectivity index (χ0v) is 17.3. The number of aryl methyl sites for hydroxylation is 3. The number of hydrogen-bond donors (Lipinski definition) is 0. The zero-order chi connectivity index (χ0) is 20.4. The van der Waals surface area contributed by atoms with E-state index < -0.39 is 0 Å². The number of piperidine rings is 1. The smallest absolute Gasteiger partial charge is 0.265 e. The minimum atomic E-state index is -0.293. The van der Waals surface area contributed by atoms with Gasteiger partial charge in [0.15, 0.2) is 5.82 Å². The van der Waals surface area contributed by atoms with Crippen molar-refractivity contribution in [3.05, 3.63) is 51.5 Å². The Bertz CT molecular complexity index is 991. The minimum Gasteiger partial charge on any atom is -0.338 e. The second-order valence-electron chi connectivity index (χ2n) is 7.44. The van der Waals surface area contributed by atoms with E-state index in [2.05, 4.69) is 15.1 Å². The molecule has 0 spiro atoms. The summed E-state index contributed by atoms with van der Waals surface area (Å²) in [4.78, 5) is 24.2. The summed E-state index contributed by atoms with van der Waals surface area (Å²) in [5.41, 5.74) is 1.54. The lowest BCUT2D eigenvalue weighted by molar-refractivity contribution is 0.0690. The Morgan fingerprint density at radius 1 is 1.21 bits per heavy atom. The van der Waals surface area contributed by atoms with Crippen LogP contribution in [-0.4, -0.2) is 39.0 Å². The van der Waals surface area contributed by atoms with Crippen LogP contribution in [0.5, 0.6) is 0 Å². The lowest BCUT2D eigenvalue weighted by Gasteiger charge is -2.31. The van der Waals surface area contributed by atoms with Crippen molar-refractivity contribution in [3.63, 3.8) is 0 Å². The summed E-state index contributed by atoms with van der Waals surface area (Å²) < 4.78 is 18.3. The van der Waals surface area contributed by atoms with Crippen molar-refractivity contribution >= 4 is 17.2 Å². The second-order valence-corrected chi connectivity index (χ2v) is 8.65. The molecule has 1 aromatic carbocycles. The largest absolute Gasteiger partial charge is 0.338 e. The number of nitrogens with zero attached hydrogens (tertiary/aromatic N) is 4. The zero-order valence-electron chi connectivity index (χ0n) is 16.5. The Hall–Kier alpha value is -2.61. The van der Waals surface area contributed by atoms with Gasteiger partial charge in [0.25, 0.3) is 11.8 Å². The van der Waals surface area contributed by atoms with Gasteiger partial charge < -0.3 is 9.42 Å². The fraction of sp³-hybridized carbons (Fsp3) is 0.429. The van der Waals surface area contributed by atoms with E-state index in [0.29, 0.717) is 23.2 Å². The fourth-order valence-corrected chi connectivity index (χ4v) is 4.58. The van der Waals surface area contributed by atoms with Crippen molar-refractivity contribution < 1.29 is 13.7 Å². The molecule has 0 radical (unpaired) electrons. The molecule has 0 atom stereocenters. The van der Waals surface area contributed by atoms with E-state index in [1.165, 1.54) is 23.5 Å². The molecule has 1 amide bonds. The number of hydrogen-bond acceptors (Lipinski definition) is 6. The third kappa shape index (κ3) is 4.53. The average Bonchev–Trinajstić information content (AvgIpc) is 3.33. The number of rotatable bonds is 5. The lowest BCUT2D eigenvalue weighted by atomic mass is 9.92. The highest BCUT2D eigenvalue weighted by Gasteiger charge is 2.26. The van der Waals surface area contributed by atoms with Gasteiger partial charge in [-0.25, -0.2) is 9.37 Å². The first-order valence-electron chi connectivity index (χ1n) is 9.81. The van der Waals surface area contributed by atoms with Crippen LogP contribution in [0.2, 0.25) is 0 Å². The van der Waals surface area contributed by atoms with Crippen molar-refractivity contribution in [2.45, 2.75) is 39.5 Å². The fourth-order valence-electron chi connectivity index (χ4n) is 3.70. The molecule has 6 nitrogen and oxygen atoms in total. The maximum Gasteiger partial charge on any atom is 0.265 e. The predicted molar refractivity (Wildman–Crippen MR) is 108 cm³/mol. The molecule has 3 heterocycles. The monoisotopic (exact) mass is 414 g/mol. The Kier molecular flexibility index (Phi) is 5.71. The van der Waals surface area contributed by atoms with E-state index in [1.807, 2.05) is 18.7 Å². The molecule has 29 heavy (non-hydrogen) atoms. The SMILES string of the molecule is Cc1nc(C)c(C(=O)N2CCC(CCc3noc(-c4ccc(F)cc4)n3)CC2)s1. The number of aromatic nitrogens is 3. The highest BCUT2D eigenvalue weighted by molar-refractivity contribution is 7.13. The summed E-state index contributed by atoms with van der Waals surface area (Å²) >= 11 is 1.48. The van der Waals surface area contributed by atoms with Crippen LogP contribution in [0, 0.1) is 25.6 Å². The van der Waals surface area contributed by atoms with Gasteiger partial charge in [0.1, 0.15) is 10.7 Å². The number of carbonyl (C=O) groups excluding carboxylic acids is 1. The predicted octanol–water partition coefficient (Wildman–Crippen LogP) is 4.43. The molecule has 1 fully saturated rings. The van der Waals surface area contributed by atoms with Crippen LogP contribution in [0.25, 0.3) is 11.5 Å². The first-order chi connectivity index (χ1) is 14.0. The summed E-state index contributed by atoms with van der Waals surface area (Å²) in [6.45, 7) is 5.37. The molecule has 0 bridgehead atoms. The topological polar surface area (TPSA) is 72.1 Å². The van der Waals surface area contributed by atoms with Gasteiger partial charge in [0.2, 0.25) is 0 Å². The van der Waals surface area contributed by atoms with E-state index in [4.69, 9.17) is 4.52 Å². The maximum absolute atomic E-state index is 13.0. The highest BCUT2D eigenvalue weighted by Crippen LogP contribution is 2.26. The Labute approximate surface area is 172 Å². The molecule has 152 valence electrons. The first kappa shape index (κ1) is 19.7. The maximum atomic E-state index is 13.0. The Morgan fingerprint density at radius 3 is 2.59 bits per heavy atom. The summed E-state index contributed by atoms with van der Waals surface area (Å²) in [5.74, 6) is 1.43. The second kappa shape index (κ2) is 8.41. The van der Waals surface area contributed by atoms with Crippen LogP contribution < -0.4 is 0 Å². The van der Waals surface area contributed by atoms with Crippen molar-refractivity contribution in [2.24, 2.45) is 5.92 Å². The van der Waals surface area contributed by atoms with Crippen LogP contribution in [0.1, 0.15) is 45.5 Å². The molecular formula is C21H23FN4O2S. The Morgan fingerprint density at radius 2 is 1.93 bits per heavy atom. The Balaban J connectivity index is 1.28. The van der Waals surface area contributed by atoms with Crippen molar-refractivity contribution in [1.29, 1.82) is 0 Å². The van der Waals surface area contributed by atoms with Crippen molar-refractivity contribution in [2.75, 3.05) is 13.1 Å². The number of amides is 1. The summed E-state index contributed by atoms with van der Waals surface area (Å²) in [6.07, 6.45) is 3.65. The standard InChI is InChI=1S/C21H23FN4O2S/c1-13-19(29-14(2)23-13)21(27)26-11-9-15(10-12-26)3-8-18-24-20(28-25-18)16-4-6-17(22)7-5-16/h4-7,15H,3,8-12H2,1-2H3. The normalized spacial score (nSPS) is 15.1. The molecule has 8 heteroatoms. The molecule has 0 N–H and O–H groups in total. The third-order valence-electron chi connectivity index (χ3n) is 5.33. The van der Waals surface area contributed by atoms with E-state index in [9.17, 15) is 9.18 Å². The molecule has 1 aliphatic heterocycles. The van der Waals surface area contributed by atoms with E-state index in [-0.39, 0.29) is 11.7 Å². The van der Waals surface area contributed by atoms with Gasteiger partial charge in [-0.05, 0) is 63.3 Å². The van der Waals surface area contributed by atoms with Crippen LogP contribution in [0.3, 0.4) is 0 Å². The van der Waals surface area contributed by atoms with E-state index >= 15 is 0 Å². The van der Waals surface area contributed by atoms with Crippen LogP contribution in [0.15, 0.2) is 28.8 Å². The molecule has 1 aliphatic rings. The molecule has 0 saturated carbocycles. The van der Waals surface area contributed by atoms with E-state index in [0.717, 1.165) is 54.4 Å². The van der Waals surface area contributed by atoms with Gasteiger partial charge in [0, 0.05) is 25.1 Å². The molecule has 2 aromatic heterocycles. The number of benzene rings is 1. The third-order valence-corrected chi connectivity index (χ3v) is 6.40. The lowest BCUT2D eigenvalue weighted by Crippen LogP contribution is -2.38. The van der Waals surface area contributed by atoms with E-state index in [1.54, 1.807) is 12.1 Å². The van der Waals surface area contributed by atoms with Crippen molar-refractivity contribution in [3.8, 4) is 11.5 Å². The van der Waals surface area contributed by atoms with Gasteiger partial charge in [0.05, 0.1) is 10.7 Å². The summed E-state index contributed by atoms with van der Waals surface area (Å²) in [6, 6.07) is 6.02. The quantitative estimate of drug-likeness (QED) is 0.617.